The van der Waals surface area contributed by atoms with Crippen LogP contribution in [0.3, 0.4) is 0 Å². The zero-order valence-corrected chi connectivity index (χ0v) is 29.3. The zero-order valence-electron chi connectivity index (χ0n) is 29.3. The Hall–Kier alpha value is -5.69. The smallest absolute Gasteiger partial charge is 0.347 e. The summed E-state index contributed by atoms with van der Waals surface area (Å²) in [4.78, 5) is 24.3. The molecule has 5 aromatic carbocycles. The van der Waals surface area contributed by atoms with Gasteiger partial charge in [0, 0.05) is 11.8 Å². The fraction of sp³-hybridized carbons (Fsp3) is 0.250. The lowest BCUT2D eigenvalue weighted by molar-refractivity contribution is -0.151. The van der Waals surface area contributed by atoms with Crippen molar-refractivity contribution in [3.8, 4) is 33.8 Å². The summed E-state index contributed by atoms with van der Waals surface area (Å²) >= 11 is 0. The highest BCUT2D eigenvalue weighted by molar-refractivity contribution is 6.08. The predicted molar refractivity (Wildman–Crippen MR) is 207 cm³/mol. The SMILES string of the molecule is CCCCCCCCOC(=O)C(C)Oc1ccc(C2=NC(c3ccc(-c4ccccc4)cc3)N(c3ccc(-c4ccccc4)cc3)C=N2)c(O)c1. The molecule has 0 aliphatic carbocycles. The van der Waals surface area contributed by atoms with E-state index in [1.54, 1.807) is 25.4 Å². The second-order valence-corrected chi connectivity index (χ2v) is 12.8. The van der Waals surface area contributed by atoms with E-state index in [2.05, 4.69) is 79.7 Å². The maximum atomic E-state index is 12.5. The third kappa shape index (κ3) is 9.11. The van der Waals surface area contributed by atoms with E-state index in [4.69, 9.17) is 19.5 Å². The van der Waals surface area contributed by atoms with Gasteiger partial charge in [-0.3, -0.25) is 0 Å². The van der Waals surface area contributed by atoms with Crippen LogP contribution >= 0.6 is 0 Å². The average Bonchev–Trinajstić information content (AvgIpc) is 3.18. The molecule has 0 spiro atoms. The summed E-state index contributed by atoms with van der Waals surface area (Å²) in [6, 6.07) is 42.2. The Bertz CT molecular complexity index is 1920. The monoisotopic (exact) mass is 679 g/mol. The van der Waals surface area contributed by atoms with Gasteiger partial charge >= 0.3 is 5.97 Å². The van der Waals surface area contributed by atoms with Crippen LogP contribution in [0.25, 0.3) is 22.3 Å². The summed E-state index contributed by atoms with van der Waals surface area (Å²) < 4.78 is 11.3. The molecule has 0 fully saturated rings. The van der Waals surface area contributed by atoms with Crippen molar-refractivity contribution in [2.45, 2.75) is 64.6 Å². The maximum absolute atomic E-state index is 12.5. The number of phenols is 1. The van der Waals surface area contributed by atoms with E-state index in [1.165, 1.54) is 25.3 Å². The molecule has 0 radical (unpaired) electrons. The number of benzene rings is 5. The van der Waals surface area contributed by atoms with E-state index in [1.807, 2.05) is 41.3 Å². The molecule has 5 aromatic rings. The highest BCUT2D eigenvalue weighted by Gasteiger charge is 2.26. The largest absolute Gasteiger partial charge is 0.507 e. The van der Waals surface area contributed by atoms with Crippen molar-refractivity contribution in [1.29, 1.82) is 0 Å². The van der Waals surface area contributed by atoms with Gasteiger partial charge < -0.3 is 19.5 Å². The minimum absolute atomic E-state index is 0.0464. The Morgan fingerprint density at radius 3 is 1.96 bits per heavy atom. The molecule has 1 aliphatic heterocycles. The summed E-state index contributed by atoms with van der Waals surface area (Å²) in [6.45, 7) is 4.22. The molecule has 0 saturated heterocycles. The van der Waals surface area contributed by atoms with E-state index < -0.39 is 18.2 Å². The number of hydrogen-bond acceptors (Lipinski definition) is 7. The molecule has 0 bridgehead atoms. The number of carbonyl (C=O) groups excluding carboxylic acids is 1. The molecule has 7 nitrogen and oxygen atoms in total. The summed E-state index contributed by atoms with van der Waals surface area (Å²) in [5.41, 5.74) is 6.88. The third-order valence-electron chi connectivity index (χ3n) is 9.00. The normalized spacial score (nSPS) is 14.5. The topological polar surface area (TPSA) is 83.7 Å². The van der Waals surface area contributed by atoms with Crippen molar-refractivity contribution in [2.24, 2.45) is 9.98 Å². The molecule has 1 heterocycles. The number of ether oxygens (including phenoxy) is 2. The van der Waals surface area contributed by atoms with Crippen molar-refractivity contribution >= 4 is 23.8 Å². The molecule has 1 N–H and O–H groups in total. The first kappa shape index (κ1) is 35.1. The molecule has 7 heteroatoms. The first-order valence-corrected chi connectivity index (χ1v) is 17.9. The van der Waals surface area contributed by atoms with E-state index in [9.17, 15) is 9.90 Å². The van der Waals surface area contributed by atoms with E-state index in [0.29, 0.717) is 23.8 Å². The number of anilines is 1. The van der Waals surface area contributed by atoms with Gasteiger partial charge in [0.2, 0.25) is 0 Å². The molecule has 260 valence electrons. The Morgan fingerprint density at radius 2 is 1.33 bits per heavy atom. The van der Waals surface area contributed by atoms with Gasteiger partial charge in [-0.1, -0.05) is 136 Å². The fourth-order valence-electron chi connectivity index (χ4n) is 6.11. The number of hydrogen-bond donors (Lipinski definition) is 1. The molecule has 2 unspecified atom stereocenters. The van der Waals surface area contributed by atoms with Gasteiger partial charge in [0.25, 0.3) is 0 Å². The lowest BCUT2D eigenvalue weighted by atomic mass is 10.0. The number of carbonyl (C=O) groups is 1. The number of phenolic OH excluding ortho intramolecular Hbond substituents is 1. The van der Waals surface area contributed by atoms with Gasteiger partial charge in [0.15, 0.2) is 18.1 Å². The Balaban J connectivity index is 1.19. The maximum Gasteiger partial charge on any atom is 0.347 e. The second-order valence-electron chi connectivity index (χ2n) is 12.8. The van der Waals surface area contributed by atoms with Gasteiger partial charge in [-0.2, -0.15) is 0 Å². The van der Waals surface area contributed by atoms with Crippen LogP contribution < -0.4 is 9.64 Å². The standard InChI is InChI=1S/C44H45N3O4/c1-3-4-5-6-7-14-29-50-44(49)32(2)51-39-27-28-40(41(48)30-39)42-45-31-47(38-25-23-36(24-26-38)34-17-12-9-13-18-34)43(46-42)37-21-19-35(20-22-37)33-15-10-8-11-16-33/h8-13,15-28,30-32,43,48H,3-7,14,29H2,1-2H3. The molecular formula is C44H45N3O4. The third-order valence-corrected chi connectivity index (χ3v) is 9.00. The molecule has 0 aromatic heterocycles. The van der Waals surface area contributed by atoms with Crippen molar-refractivity contribution < 1.29 is 19.4 Å². The van der Waals surface area contributed by atoms with Crippen LogP contribution in [0.15, 0.2) is 137 Å². The van der Waals surface area contributed by atoms with Gasteiger partial charge in [-0.05, 0) is 65.4 Å². The molecule has 51 heavy (non-hydrogen) atoms. The van der Waals surface area contributed by atoms with E-state index in [0.717, 1.165) is 52.8 Å². The van der Waals surface area contributed by atoms with Crippen LogP contribution in [0.2, 0.25) is 0 Å². The average molecular weight is 680 g/mol. The number of amidine groups is 1. The van der Waals surface area contributed by atoms with E-state index in [-0.39, 0.29) is 5.75 Å². The lowest BCUT2D eigenvalue weighted by Gasteiger charge is -2.31. The molecule has 0 saturated carbocycles. The van der Waals surface area contributed by atoms with Gasteiger partial charge in [-0.25, -0.2) is 14.8 Å². The summed E-state index contributed by atoms with van der Waals surface area (Å²) in [6.07, 6.45) is 7.20. The lowest BCUT2D eigenvalue weighted by Crippen LogP contribution is -2.30. The van der Waals surface area contributed by atoms with Crippen LogP contribution in [0.4, 0.5) is 5.69 Å². The molecule has 0 amide bonds. The molecular weight excluding hydrogens is 635 g/mol. The van der Waals surface area contributed by atoms with Gasteiger partial charge in [0.05, 0.1) is 18.5 Å². The molecule has 1 aliphatic rings. The van der Waals surface area contributed by atoms with Crippen LogP contribution in [0.1, 0.15) is 69.7 Å². The Kier molecular flexibility index (Phi) is 11.9. The van der Waals surface area contributed by atoms with Crippen LogP contribution in [0, 0.1) is 0 Å². The number of rotatable bonds is 15. The van der Waals surface area contributed by atoms with Crippen molar-refractivity contribution in [3.05, 3.63) is 139 Å². The van der Waals surface area contributed by atoms with Crippen molar-refractivity contribution in [3.63, 3.8) is 0 Å². The summed E-state index contributed by atoms with van der Waals surface area (Å²) in [5, 5.41) is 11.1. The zero-order chi connectivity index (χ0) is 35.4. The predicted octanol–water partition coefficient (Wildman–Crippen LogP) is 10.4. The summed E-state index contributed by atoms with van der Waals surface area (Å²) in [5.74, 6) is 0.273. The minimum Gasteiger partial charge on any atom is -0.507 e. The van der Waals surface area contributed by atoms with Crippen LogP contribution in [0.5, 0.6) is 11.5 Å². The number of aliphatic imine (C=N–C) groups is 2. The minimum atomic E-state index is -0.814. The first-order valence-electron chi connectivity index (χ1n) is 17.9. The number of esters is 1. The van der Waals surface area contributed by atoms with Crippen molar-refractivity contribution in [2.75, 3.05) is 11.5 Å². The fourth-order valence-corrected chi connectivity index (χ4v) is 6.11. The number of nitrogens with zero attached hydrogens (tertiary/aromatic N) is 3. The van der Waals surface area contributed by atoms with Crippen LogP contribution in [-0.4, -0.2) is 36.0 Å². The quantitative estimate of drug-likeness (QED) is 0.0879. The first-order chi connectivity index (χ1) is 25.0. The second kappa shape index (κ2) is 17.3. The Labute approximate surface area is 300 Å². The van der Waals surface area contributed by atoms with E-state index >= 15 is 0 Å². The summed E-state index contributed by atoms with van der Waals surface area (Å²) in [7, 11) is 0. The van der Waals surface area contributed by atoms with Gasteiger partial charge in [0.1, 0.15) is 11.5 Å². The van der Waals surface area contributed by atoms with Crippen LogP contribution in [-0.2, 0) is 9.53 Å². The van der Waals surface area contributed by atoms with Crippen molar-refractivity contribution in [1.82, 2.24) is 0 Å². The van der Waals surface area contributed by atoms with Gasteiger partial charge in [-0.15, -0.1) is 0 Å². The molecule has 2 atom stereocenters. The Morgan fingerprint density at radius 1 is 0.745 bits per heavy atom. The molecule has 6 rings (SSSR count). The number of aromatic hydroxyl groups is 1. The number of unbranched alkanes of at least 4 members (excludes halogenated alkanes) is 5. The highest BCUT2D eigenvalue weighted by Crippen LogP contribution is 2.35. The highest BCUT2D eigenvalue weighted by atomic mass is 16.6.